The molecule has 88 valence electrons. The van der Waals surface area contributed by atoms with E-state index in [2.05, 4.69) is 19.6 Å². The second kappa shape index (κ2) is 6.21. The molecule has 0 saturated heterocycles. The molecule has 2 nitrogen and oxygen atoms in total. The van der Waals surface area contributed by atoms with E-state index in [4.69, 9.17) is 0 Å². The van der Waals surface area contributed by atoms with Crippen molar-refractivity contribution >= 4 is 30.3 Å². The first kappa shape index (κ1) is 13.5. The Labute approximate surface area is 107 Å². The topological polar surface area (TPSA) is 20.3 Å². The molecule has 16 heavy (non-hydrogen) atoms. The van der Waals surface area contributed by atoms with Gasteiger partial charge in [0, 0.05) is 29.3 Å². The number of rotatable bonds is 4. The molecule has 4 heteroatoms. The smallest absolute Gasteiger partial charge is 0.253 e. The van der Waals surface area contributed by atoms with Crippen LogP contribution in [0.3, 0.4) is 0 Å². The highest BCUT2D eigenvalue weighted by molar-refractivity contribution is 7.98. The Morgan fingerprint density at radius 1 is 1.44 bits per heavy atom. The molecule has 1 aromatic carbocycles. The fraction of sp³-hybridized carbons (Fsp3) is 0.417. The van der Waals surface area contributed by atoms with Crippen molar-refractivity contribution in [2.75, 3.05) is 19.1 Å². The Balaban J connectivity index is 2.73. The fourth-order valence-electron chi connectivity index (χ4n) is 1.36. The van der Waals surface area contributed by atoms with Crippen LogP contribution in [0.4, 0.5) is 0 Å². The molecule has 1 aromatic rings. The number of thioether (sulfide) groups is 1. The third-order valence-corrected chi connectivity index (χ3v) is 3.62. The van der Waals surface area contributed by atoms with E-state index < -0.39 is 0 Å². The molecular formula is C12H17NOS2. The number of carbonyl (C=O) groups is 1. The largest absolute Gasteiger partial charge is 0.338 e. The second-order valence-electron chi connectivity index (χ2n) is 3.77. The second-order valence-corrected chi connectivity index (χ2v) is 5.19. The van der Waals surface area contributed by atoms with Crippen molar-refractivity contribution in [1.29, 1.82) is 0 Å². The van der Waals surface area contributed by atoms with Crippen molar-refractivity contribution in [3.63, 3.8) is 0 Å². The predicted octanol–water partition coefficient (Wildman–Crippen LogP) is 2.80. The maximum Gasteiger partial charge on any atom is 0.253 e. The van der Waals surface area contributed by atoms with Gasteiger partial charge in [-0.25, -0.2) is 0 Å². The number of hydrogen-bond donors (Lipinski definition) is 1. The highest BCUT2D eigenvalue weighted by Gasteiger charge is 2.16. The summed E-state index contributed by atoms with van der Waals surface area (Å²) in [5, 5.41) is 0. The van der Waals surface area contributed by atoms with Crippen molar-refractivity contribution < 1.29 is 4.79 Å². The van der Waals surface area contributed by atoms with Crippen molar-refractivity contribution in [3.8, 4) is 0 Å². The van der Waals surface area contributed by atoms with Gasteiger partial charge in [0.1, 0.15) is 0 Å². The summed E-state index contributed by atoms with van der Waals surface area (Å²) in [5.41, 5.74) is 0.716. The van der Waals surface area contributed by atoms with E-state index in [0.717, 1.165) is 10.6 Å². The summed E-state index contributed by atoms with van der Waals surface area (Å²) in [4.78, 5) is 14.7. The predicted molar refractivity (Wildman–Crippen MR) is 73.6 cm³/mol. The molecule has 0 aromatic heterocycles. The molecule has 0 N–H and O–H groups in total. The Hall–Kier alpha value is -0.610. The van der Waals surface area contributed by atoms with Crippen molar-refractivity contribution in [3.05, 3.63) is 29.8 Å². The average Bonchev–Trinajstić information content (AvgIpc) is 2.28. The molecule has 0 spiro atoms. The van der Waals surface area contributed by atoms with E-state index in [1.165, 1.54) is 0 Å². The number of amides is 1. The number of carbonyl (C=O) groups excluding carboxylic acids is 1. The molecule has 0 aliphatic heterocycles. The first-order valence-corrected chi connectivity index (χ1v) is 6.95. The van der Waals surface area contributed by atoms with E-state index in [9.17, 15) is 4.79 Å². The van der Waals surface area contributed by atoms with Crippen LogP contribution in [0.2, 0.25) is 0 Å². The van der Waals surface area contributed by atoms with E-state index in [1.54, 1.807) is 16.7 Å². The molecule has 0 aliphatic carbocycles. The molecule has 0 radical (unpaired) electrons. The van der Waals surface area contributed by atoms with Crippen LogP contribution in [0.15, 0.2) is 29.2 Å². The van der Waals surface area contributed by atoms with Crippen molar-refractivity contribution in [2.45, 2.75) is 17.9 Å². The quantitative estimate of drug-likeness (QED) is 0.835. The van der Waals surface area contributed by atoms with Gasteiger partial charge in [0.25, 0.3) is 5.91 Å². The Bertz CT molecular complexity index is 351. The molecule has 1 amide bonds. The molecule has 0 aliphatic rings. The van der Waals surface area contributed by atoms with Gasteiger partial charge in [-0.1, -0.05) is 0 Å². The SMILES string of the molecule is CSCC(C)N(C)C(=O)c1ccc(S)cc1. The lowest BCUT2D eigenvalue weighted by atomic mass is 10.2. The first-order chi connectivity index (χ1) is 7.56. The summed E-state index contributed by atoms with van der Waals surface area (Å²) in [6, 6.07) is 7.55. The minimum Gasteiger partial charge on any atom is -0.338 e. The van der Waals surface area contributed by atoms with Gasteiger partial charge in [0.15, 0.2) is 0 Å². The van der Waals surface area contributed by atoms with Crippen LogP contribution in [0, 0.1) is 0 Å². The van der Waals surface area contributed by atoms with Gasteiger partial charge in [0.2, 0.25) is 0 Å². The van der Waals surface area contributed by atoms with Gasteiger partial charge in [-0.15, -0.1) is 12.6 Å². The van der Waals surface area contributed by atoms with Crippen molar-refractivity contribution in [1.82, 2.24) is 4.90 Å². The highest BCUT2D eigenvalue weighted by atomic mass is 32.2. The Morgan fingerprint density at radius 2 is 2.00 bits per heavy atom. The summed E-state index contributed by atoms with van der Waals surface area (Å²) in [6.07, 6.45) is 2.05. The molecule has 1 unspecified atom stereocenters. The van der Waals surface area contributed by atoms with Crippen LogP contribution < -0.4 is 0 Å². The highest BCUT2D eigenvalue weighted by Crippen LogP contribution is 2.12. The average molecular weight is 255 g/mol. The first-order valence-electron chi connectivity index (χ1n) is 5.11. The summed E-state index contributed by atoms with van der Waals surface area (Å²) in [6.45, 7) is 2.06. The van der Waals surface area contributed by atoms with Crippen LogP contribution in [0.1, 0.15) is 17.3 Å². The van der Waals surface area contributed by atoms with Gasteiger partial charge in [-0.2, -0.15) is 11.8 Å². The summed E-state index contributed by atoms with van der Waals surface area (Å²) < 4.78 is 0. The van der Waals surface area contributed by atoms with Crippen LogP contribution in [0.25, 0.3) is 0 Å². The lowest BCUT2D eigenvalue weighted by Crippen LogP contribution is -2.36. The fourth-order valence-corrected chi connectivity index (χ4v) is 2.22. The van der Waals surface area contributed by atoms with Crippen molar-refractivity contribution in [2.24, 2.45) is 0 Å². The summed E-state index contributed by atoms with van der Waals surface area (Å²) >= 11 is 5.94. The minimum absolute atomic E-state index is 0.0647. The zero-order valence-electron chi connectivity index (χ0n) is 9.80. The third-order valence-electron chi connectivity index (χ3n) is 2.50. The maximum absolute atomic E-state index is 12.1. The van der Waals surface area contributed by atoms with Crippen LogP contribution >= 0.6 is 24.4 Å². The summed E-state index contributed by atoms with van der Waals surface area (Å²) in [7, 11) is 1.85. The van der Waals surface area contributed by atoms with Gasteiger partial charge >= 0.3 is 0 Å². The molecule has 1 rings (SSSR count). The van der Waals surface area contributed by atoms with Gasteiger partial charge in [-0.3, -0.25) is 4.79 Å². The zero-order valence-corrected chi connectivity index (χ0v) is 11.5. The summed E-state index contributed by atoms with van der Waals surface area (Å²) in [5.74, 6) is 1.02. The van der Waals surface area contributed by atoms with E-state index in [-0.39, 0.29) is 11.9 Å². The maximum atomic E-state index is 12.1. The van der Waals surface area contributed by atoms with Gasteiger partial charge in [-0.05, 0) is 37.4 Å². The number of hydrogen-bond acceptors (Lipinski definition) is 3. The normalized spacial score (nSPS) is 12.2. The molecule has 0 bridgehead atoms. The molecule has 0 heterocycles. The third kappa shape index (κ3) is 3.46. The van der Waals surface area contributed by atoms with Gasteiger partial charge < -0.3 is 4.90 Å². The molecule has 0 fully saturated rings. The molecule has 0 saturated carbocycles. The minimum atomic E-state index is 0.0647. The zero-order chi connectivity index (χ0) is 12.1. The Morgan fingerprint density at radius 3 is 2.50 bits per heavy atom. The lowest BCUT2D eigenvalue weighted by molar-refractivity contribution is 0.0757. The number of nitrogens with zero attached hydrogens (tertiary/aromatic N) is 1. The number of thiol groups is 1. The lowest BCUT2D eigenvalue weighted by Gasteiger charge is -2.24. The van der Waals surface area contributed by atoms with E-state index in [1.807, 2.05) is 37.6 Å². The molecule has 1 atom stereocenters. The van der Waals surface area contributed by atoms with E-state index in [0.29, 0.717) is 5.56 Å². The van der Waals surface area contributed by atoms with Crippen LogP contribution in [-0.4, -0.2) is 35.9 Å². The molecular weight excluding hydrogens is 238 g/mol. The van der Waals surface area contributed by atoms with Crippen LogP contribution in [0.5, 0.6) is 0 Å². The van der Waals surface area contributed by atoms with E-state index >= 15 is 0 Å². The van der Waals surface area contributed by atoms with Crippen LogP contribution in [-0.2, 0) is 0 Å². The Kier molecular flexibility index (Phi) is 5.22. The van der Waals surface area contributed by atoms with Gasteiger partial charge in [0.05, 0.1) is 0 Å². The number of benzene rings is 1. The standard InChI is InChI=1S/C12H17NOS2/c1-9(8-16-3)13(2)12(14)10-4-6-11(15)7-5-10/h4-7,9,15H,8H2,1-3H3. The monoisotopic (exact) mass is 255 g/mol.